The third-order valence-electron chi connectivity index (χ3n) is 2.60. The van der Waals surface area contributed by atoms with Gasteiger partial charge in [0.05, 0.1) is 18.6 Å². The first-order chi connectivity index (χ1) is 5.42. The quantitative estimate of drug-likeness (QED) is 0.634. The summed E-state index contributed by atoms with van der Waals surface area (Å²) in [6.45, 7) is 9.24. The summed E-state index contributed by atoms with van der Waals surface area (Å²) in [5.74, 6) is 0.351. The molecule has 0 aliphatic carbocycles. The highest BCUT2D eigenvalue weighted by atomic mass is 16.5. The van der Waals surface area contributed by atoms with Crippen LogP contribution in [0, 0.1) is 10.8 Å². The molecule has 0 unspecified atom stereocenters. The molecule has 0 saturated carbocycles. The number of hydrogen-bond acceptors (Lipinski definition) is 2. The number of hydrogen-bond donors (Lipinski definition) is 0. The van der Waals surface area contributed by atoms with E-state index in [-0.39, 0.29) is 10.8 Å². The maximum Gasteiger partial charge on any atom is 0.148 e. The molecule has 0 amide bonds. The van der Waals surface area contributed by atoms with Crippen LogP contribution in [0.4, 0.5) is 0 Å². The molecule has 70 valence electrons. The van der Waals surface area contributed by atoms with Gasteiger partial charge < -0.3 is 4.74 Å². The molecule has 1 heterocycles. The number of ether oxygens (including phenoxy) is 1. The summed E-state index contributed by atoms with van der Waals surface area (Å²) in [6, 6.07) is 0. The molecule has 0 spiro atoms. The minimum absolute atomic E-state index is 0.155. The largest absolute Gasteiger partial charge is 0.379 e. The number of ketones is 1. The standard InChI is InChI=1S/C10H18O2/c1-5-10(6-12-7-10)8(11)9(2,3)4/h5-7H2,1-4H3. The summed E-state index contributed by atoms with van der Waals surface area (Å²) < 4.78 is 5.12. The molecule has 1 saturated heterocycles. The first-order valence-electron chi connectivity index (χ1n) is 4.55. The van der Waals surface area contributed by atoms with E-state index >= 15 is 0 Å². The Kier molecular flexibility index (Phi) is 2.30. The summed E-state index contributed by atoms with van der Waals surface area (Å²) in [5.41, 5.74) is -0.377. The smallest absolute Gasteiger partial charge is 0.148 e. The monoisotopic (exact) mass is 170 g/mol. The molecule has 1 aliphatic rings. The van der Waals surface area contributed by atoms with Gasteiger partial charge >= 0.3 is 0 Å². The summed E-state index contributed by atoms with van der Waals surface area (Å²) >= 11 is 0. The predicted octanol–water partition coefficient (Wildman–Crippen LogP) is 2.03. The topological polar surface area (TPSA) is 26.3 Å². The van der Waals surface area contributed by atoms with E-state index in [1.54, 1.807) is 0 Å². The van der Waals surface area contributed by atoms with Gasteiger partial charge in [0.2, 0.25) is 0 Å². The van der Waals surface area contributed by atoms with E-state index < -0.39 is 0 Å². The molecular formula is C10H18O2. The second kappa shape index (κ2) is 2.84. The second-order valence-corrected chi connectivity index (χ2v) is 4.71. The van der Waals surface area contributed by atoms with Crippen LogP contribution in [0.3, 0.4) is 0 Å². The second-order valence-electron chi connectivity index (χ2n) is 4.71. The van der Waals surface area contributed by atoms with Crippen molar-refractivity contribution in [3.05, 3.63) is 0 Å². The lowest BCUT2D eigenvalue weighted by molar-refractivity contribution is -0.167. The number of carbonyl (C=O) groups is 1. The number of Topliss-reactive ketones (excluding diaryl/α,β-unsaturated/α-hetero) is 1. The summed E-state index contributed by atoms with van der Waals surface area (Å²) in [5, 5.41) is 0. The van der Waals surface area contributed by atoms with Crippen molar-refractivity contribution in [2.75, 3.05) is 13.2 Å². The molecule has 1 rings (SSSR count). The van der Waals surface area contributed by atoms with Crippen LogP contribution < -0.4 is 0 Å². The molecule has 0 bridgehead atoms. The average Bonchev–Trinajstić information content (AvgIpc) is 1.84. The van der Waals surface area contributed by atoms with Crippen molar-refractivity contribution < 1.29 is 9.53 Å². The molecule has 0 N–H and O–H groups in total. The molecule has 0 aromatic carbocycles. The number of rotatable bonds is 2. The van der Waals surface area contributed by atoms with E-state index in [4.69, 9.17) is 4.74 Å². The summed E-state index contributed by atoms with van der Waals surface area (Å²) in [7, 11) is 0. The van der Waals surface area contributed by atoms with E-state index in [1.165, 1.54) is 0 Å². The molecule has 2 heteroatoms. The zero-order chi connectivity index (χ0) is 9.41. The molecule has 2 nitrogen and oxygen atoms in total. The fraction of sp³-hybridized carbons (Fsp3) is 0.900. The Hall–Kier alpha value is -0.370. The van der Waals surface area contributed by atoms with Gasteiger partial charge in [0.25, 0.3) is 0 Å². The minimum atomic E-state index is -0.222. The van der Waals surface area contributed by atoms with Crippen LogP contribution in [0.2, 0.25) is 0 Å². The van der Waals surface area contributed by atoms with Crippen molar-refractivity contribution in [2.45, 2.75) is 34.1 Å². The predicted molar refractivity (Wildman–Crippen MR) is 48.0 cm³/mol. The van der Waals surface area contributed by atoms with Crippen LogP contribution in [0.5, 0.6) is 0 Å². The van der Waals surface area contributed by atoms with E-state index in [2.05, 4.69) is 6.92 Å². The average molecular weight is 170 g/mol. The first-order valence-corrected chi connectivity index (χ1v) is 4.55. The van der Waals surface area contributed by atoms with Crippen molar-refractivity contribution in [1.29, 1.82) is 0 Å². The zero-order valence-electron chi connectivity index (χ0n) is 8.44. The molecule has 12 heavy (non-hydrogen) atoms. The normalized spacial score (nSPS) is 21.7. The summed E-state index contributed by atoms with van der Waals surface area (Å²) in [6.07, 6.45) is 0.906. The van der Waals surface area contributed by atoms with E-state index in [1.807, 2.05) is 20.8 Å². The van der Waals surface area contributed by atoms with Crippen LogP contribution in [0.1, 0.15) is 34.1 Å². The Bertz CT molecular complexity index is 179. The van der Waals surface area contributed by atoms with Crippen molar-refractivity contribution in [3.63, 3.8) is 0 Å². The third kappa shape index (κ3) is 1.40. The Labute approximate surface area is 74.3 Å². The van der Waals surface area contributed by atoms with E-state index in [0.717, 1.165) is 6.42 Å². The highest BCUT2D eigenvalue weighted by Gasteiger charge is 2.47. The molecule has 1 fully saturated rings. The molecule has 0 radical (unpaired) electrons. The van der Waals surface area contributed by atoms with Crippen molar-refractivity contribution >= 4 is 5.78 Å². The van der Waals surface area contributed by atoms with Crippen molar-refractivity contribution in [2.24, 2.45) is 10.8 Å². The Morgan fingerprint density at radius 2 is 1.92 bits per heavy atom. The van der Waals surface area contributed by atoms with Gasteiger partial charge in [-0.15, -0.1) is 0 Å². The zero-order valence-corrected chi connectivity index (χ0v) is 8.44. The van der Waals surface area contributed by atoms with Gasteiger partial charge in [0.15, 0.2) is 0 Å². The van der Waals surface area contributed by atoms with Gasteiger partial charge in [-0.3, -0.25) is 4.79 Å². The van der Waals surface area contributed by atoms with Crippen LogP contribution in [0.15, 0.2) is 0 Å². The van der Waals surface area contributed by atoms with Gasteiger partial charge in [-0.1, -0.05) is 27.7 Å². The van der Waals surface area contributed by atoms with Crippen LogP contribution in [-0.2, 0) is 9.53 Å². The maximum absolute atomic E-state index is 11.9. The highest BCUT2D eigenvalue weighted by molar-refractivity contribution is 5.90. The Morgan fingerprint density at radius 1 is 1.42 bits per heavy atom. The lowest BCUT2D eigenvalue weighted by Crippen LogP contribution is -2.52. The first kappa shape index (κ1) is 9.72. The van der Waals surface area contributed by atoms with Gasteiger partial charge in [-0.2, -0.15) is 0 Å². The van der Waals surface area contributed by atoms with Crippen LogP contribution in [-0.4, -0.2) is 19.0 Å². The highest BCUT2D eigenvalue weighted by Crippen LogP contribution is 2.38. The molecule has 1 aliphatic heterocycles. The number of carbonyl (C=O) groups excluding carboxylic acids is 1. The van der Waals surface area contributed by atoms with Crippen molar-refractivity contribution in [1.82, 2.24) is 0 Å². The third-order valence-corrected chi connectivity index (χ3v) is 2.60. The van der Waals surface area contributed by atoms with E-state index in [0.29, 0.717) is 19.0 Å². The van der Waals surface area contributed by atoms with E-state index in [9.17, 15) is 4.79 Å². The van der Waals surface area contributed by atoms with Gasteiger partial charge in [0, 0.05) is 5.41 Å². The SMILES string of the molecule is CCC1(C(=O)C(C)(C)C)COC1. The lowest BCUT2D eigenvalue weighted by atomic mass is 9.69. The van der Waals surface area contributed by atoms with Gasteiger partial charge in [-0.05, 0) is 6.42 Å². The lowest BCUT2D eigenvalue weighted by Gasteiger charge is -2.42. The Balaban J connectivity index is 2.74. The maximum atomic E-state index is 11.9. The van der Waals surface area contributed by atoms with Crippen molar-refractivity contribution in [3.8, 4) is 0 Å². The Morgan fingerprint density at radius 3 is 2.00 bits per heavy atom. The molecule has 0 aromatic heterocycles. The molecule has 0 aromatic rings. The fourth-order valence-corrected chi connectivity index (χ4v) is 1.64. The fourth-order valence-electron chi connectivity index (χ4n) is 1.64. The summed E-state index contributed by atoms with van der Waals surface area (Å²) in [4.78, 5) is 11.9. The van der Waals surface area contributed by atoms with Gasteiger partial charge in [0.1, 0.15) is 5.78 Å². The van der Waals surface area contributed by atoms with Crippen LogP contribution in [0.25, 0.3) is 0 Å². The molecule has 0 atom stereocenters. The van der Waals surface area contributed by atoms with Crippen LogP contribution >= 0.6 is 0 Å². The molecular weight excluding hydrogens is 152 g/mol. The minimum Gasteiger partial charge on any atom is -0.379 e. The van der Waals surface area contributed by atoms with Gasteiger partial charge in [-0.25, -0.2) is 0 Å².